The van der Waals surface area contributed by atoms with Gasteiger partial charge in [-0.2, -0.15) is 0 Å². The Hall–Kier alpha value is -0.890. The summed E-state index contributed by atoms with van der Waals surface area (Å²) in [5, 5.41) is 0. The van der Waals surface area contributed by atoms with E-state index in [2.05, 4.69) is 0 Å². The third-order valence-electron chi connectivity index (χ3n) is 3.01. The maximum atomic E-state index is 5.98. The van der Waals surface area contributed by atoms with E-state index in [0.717, 1.165) is 29.9 Å². The summed E-state index contributed by atoms with van der Waals surface area (Å²) in [6, 6.07) is 5.81. The molecular weight excluding hydrogens is 224 g/mol. The van der Waals surface area contributed by atoms with Gasteiger partial charge in [0.05, 0.1) is 19.1 Å². The van der Waals surface area contributed by atoms with Gasteiger partial charge < -0.3 is 9.47 Å². The fourth-order valence-corrected chi connectivity index (χ4v) is 2.29. The van der Waals surface area contributed by atoms with Crippen LogP contribution in [0.1, 0.15) is 31.2 Å². The molecule has 1 aliphatic rings. The van der Waals surface area contributed by atoms with Crippen molar-refractivity contribution < 1.29 is 9.47 Å². The number of benzene rings is 1. The quantitative estimate of drug-likeness (QED) is 0.747. The highest BCUT2D eigenvalue weighted by Crippen LogP contribution is 2.30. The molecule has 88 valence electrons. The average molecular weight is 241 g/mol. The first-order chi connectivity index (χ1) is 7.83. The summed E-state index contributed by atoms with van der Waals surface area (Å²) in [7, 11) is 1.66. The zero-order chi connectivity index (χ0) is 11.4. The molecule has 0 aromatic heterocycles. The number of hydrogen-bond acceptors (Lipinski definition) is 2. The van der Waals surface area contributed by atoms with Gasteiger partial charge in [0.15, 0.2) is 0 Å². The van der Waals surface area contributed by atoms with Crippen LogP contribution < -0.4 is 9.47 Å². The van der Waals surface area contributed by atoms with Crippen LogP contribution in [0, 0.1) is 0 Å². The predicted octanol–water partition coefficient (Wildman–Crippen LogP) is 3.76. The Kier molecular flexibility index (Phi) is 3.94. The van der Waals surface area contributed by atoms with Gasteiger partial charge in [-0.25, -0.2) is 0 Å². The Bertz CT molecular complexity index is 346. The third-order valence-corrected chi connectivity index (χ3v) is 3.30. The summed E-state index contributed by atoms with van der Waals surface area (Å²) >= 11 is 5.89. The van der Waals surface area contributed by atoms with Crippen LogP contribution >= 0.6 is 11.6 Å². The van der Waals surface area contributed by atoms with Gasteiger partial charge in [-0.3, -0.25) is 0 Å². The van der Waals surface area contributed by atoms with Gasteiger partial charge in [0.25, 0.3) is 0 Å². The van der Waals surface area contributed by atoms with Gasteiger partial charge in [0, 0.05) is 11.6 Å². The van der Waals surface area contributed by atoms with Crippen LogP contribution in [-0.4, -0.2) is 13.2 Å². The van der Waals surface area contributed by atoms with E-state index in [1.54, 1.807) is 7.11 Å². The molecule has 1 aromatic rings. The lowest BCUT2D eigenvalue weighted by Gasteiger charge is -2.16. The van der Waals surface area contributed by atoms with Gasteiger partial charge >= 0.3 is 0 Å². The normalized spacial score (nSPS) is 16.4. The summed E-state index contributed by atoms with van der Waals surface area (Å²) in [4.78, 5) is 0. The molecule has 0 atom stereocenters. The lowest BCUT2D eigenvalue weighted by atomic mass is 10.2. The minimum Gasteiger partial charge on any atom is -0.497 e. The van der Waals surface area contributed by atoms with E-state index >= 15 is 0 Å². The van der Waals surface area contributed by atoms with Gasteiger partial charge in [-0.1, -0.05) is 6.07 Å². The summed E-state index contributed by atoms with van der Waals surface area (Å²) in [6.45, 7) is 0. The van der Waals surface area contributed by atoms with Crippen molar-refractivity contribution >= 4 is 11.6 Å². The molecule has 0 radical (unpaired) electrons. The number of ether oxygens (including phenoxy) is 2. The van der Waals surface area contributed by atoms with E-state index < -0.39 is 0 Å². The second-order valence-electron chi connectivity index (χ2n) is 4.13. The van der Waals surface area contributed by atoms with Crippen molar-refractivity contribution in [2.24, 2.45) is 0 Å². The number of methoxy groups -OCH3 is 1. The number of alkyl halides is 1. The molecule has 0 amide bonds. The zero-order valence-corrected chi connectivity index (χ0v) is 10.3. The molecular formula is C13H17ClO2. The molecule has 1 aliphatic carbocycles. The molecule has 2 rings (SSSR count). The largest absolute Gasteiger partial charge is 0.497 e. The van der Waals surface area contributed by atoms with Crippen molar-refractivity contribution in [2.75, 3.05) is 7.11 Å². The van der Waals surface area contributed by atoms with Crippen molar-refractivity contribution in [3.8, 4) is 11.5 Å². The monoisotopic (exact) mass is 240 g/mol. The summed E-state index contributed by atoms with van der Waals surface area (Å²) in [5.74, 6) is 2.18. The highest BCUT2D eigenvalue weighted by Gasteiger charge is 2.18. The topological polar surface area (TPSA) is 18.5 Å². The molecule has 0 heterocycles. The highest BCUT2D eigenvalue weighted by atomic mass is 35.5. The van der Waals surface area contributed by atoms with Crippen LogP contribution in [0.4, 0.5) is 0 Å². The maximum absolute atomic E-state index is 5.98. The van der Waals surface area contributed by atoms with Gasteiger partial charge in [0.1, 0.15) is 11.5 Å². The molecule has 0 N–H and O–H groups in total. The summed E-state index contributed by atoms with van der Waals surface area (Å²) in [6.07, 6.45) is 5.20. The molecule has 2 nitrogen and oxygen atoms in total. The Balaban J connectivity index is 2.15. The van der Waals surface area contributed by atoms with Crippen molar-refractivity contribution in [3.63, 3.8) is 0 Å². The Morgan fingerprint density at radius 1 is 1.31 bits per heavy atom. The standard InChI is InChI=1S/C13H17ClO2/c1-15-12-7-6-10(9-14)13(8-12)16-11-4-2-3-5-11/h6-8,11H,2-5,9H2,1H3. The molecule has 0 spiro atoms. The van der Waals surface area contributed by atoms with Crippen LogP contribution in [0.25, 0.3) is 0 Å². The number of hydrogen-bond donors (Lipinski definition) is 0. The van der Waals surface area contributed by atoms with Gasteiger partial charge in [-0.05, 0) is 31.7 Å². The zero-order valence-electron chi connectivity index (χ0n) is 9.54. The SMILES string of the molecule is COc1ccc(CCl)c(OC2CCCC2)c1. The molecule has 0 aliphatic heterocycles. The van der Waals surface area contributed by atoms with Crippen LogP contribution in [0.5, 0.6) is 11.5 Å². The van der Waals surface area contributed by atoms with Crippen LogP contribution in [-0.2, 0) is 5.88 Å². The predicted molar refractivity (Wildman–Crippen MR) is 65.4 cm³/mol. The molecule has 1 saturated carbocycles. The highest BCUT2D eigenvalue weighted by molar-refractivity contribution is 6.17. The van der Waals surface area contributed by atoms with E-state index in [1.807, 2.05) is 18.2 Å². The number of halogens is 1. The lowest BCUT2D eigenvalue weighted by molar-refractivity contribution is 0.207. The second-order valence-corrected chi connectivity index (χ2v) is 4.40. The Labute approximate surface area is 102 Å². The molecule has 1 fully saturated rings. The smallest absolute Gasteiger partial charge is 0.127 e. The molecule has 1 aromatic carbocycles. The first kappa shape index (κ1) is 11.6. The fourth-order valence-electron chi connectivity index (χ4n) is 2.07. The first-order valence-electron chi connectivity index (χ1n) is 5.73. The van der Waals surface area contributed by atoms with E-state index in [9.17, 15) is 0 Å². The van der Waals surface area contributed by atoms with Gasteiger partial charge in [0.2, 0.25) is 0 Å². The fraction of sp³-hybridized carbons (Fsp3) is 0.538. The number of rotatable bonds is 4. The van der Waals surface area contributed by atoms with Crippen molar-refractivity contribution in [1.29, 1.82) is 0 Å². The minimum absolute atomic E-state index is 0.356. The molecule has 0 saturated heterocycles. The van der Waals surface area contributed by atoms with Crippen LogP contribution in [0.3, 0.4) is 0 Å². The Morgan fingerprint density at radius 3 is 2.69 bits per heavy atom. The van der Waals surface area contributed by atoms with E-state index in [4.69, 9.17) is 21.1 Å². The minimum atomic E-state index is 0.356. The first-order valence-corrected chi connectivity index (χ1v) is 6.26. The maximum Gasteiger partial charge on any atom is 0.127 e. The van der Waals surface area contributed by atoms with Crippen molar-refractivity contribution in [2.45, 2.75) is 37.7 Å². The molecule has 0 unspecified atom stereocenters. The Morgan fingerprint density at radius 2 is 2.06 bits per heavy atom. The molecule has 16 heavy (non-hydrogen) atoms. The molecule has 0 bridgehead atoms. The second kappa shape index (κ2) is 5.44. The molecule has 3 heteroatoms. The lowest BCUT2D eigenvalue weighted by Crippen LogP contribution is -2.12. The summed E-state index contributed by atoms with van der Waals surface area (Å²) < 4.78 is 11.2. The van der Waals surface area contributed by atoms with Crippen molar-refractivity contribution in [3.05, 3.63) is 23.8 Å². The van der Waals surface area contributed by atoms with Crippen molar-refractivity contribution in [1.82, 2.24) is 0 Å². The summed E-state index contributed by atoms with van der Waals surface area (Å²) in [5.41, 5.74) is 1.04. The van der Waals surface area contributed by atoms with E-state index in [1.165, 1.54) is 12.8 Å². The van der Waals surface area contributed by atoms with Crippen LogP contribution in [0.2, 0.25) is 0 Å². The third kappa shape index (κ3) is 2.62. The van der Waals surface area contributed by atoms with Crippen LogP contribution in [0.15, 0.2) is 18.2 Å². The van der Waals surface area contributed by atoms with Gasteiger partial charge in [-0.15, -0.1) is 11.6 Å². The van der Waals surface area contributed by atoms with E-state index in [0.29, 0.717) is 12.0 Å². The van der Waals surface area contributed by atoms with E-state index in [-0.39, 0.29) is 0 Å². The average Bonchev–Trinajstić information content (AvgIpc) is 2.82.